The van der Waals surface area contributed by atoms with Gasteiger partial charge in [-0.25, -0.2) is 9.13 Å². The van der Waals surface area contributed by atoms with Gasteiger partial charge in [0.1, 0.15) is 19.3 Å². The third kappa shape index (κ3) is 72.8. The van der Waals surface area contributed by atoms with E-state index >= 15 is 0 Å². The zero-order chi connectivity index (χ0) is 72.7. The van der Waals surface area contributed by atoms with Crippen LogP contribution in [0.4, 0.5) is 0 Å². The lowest BCUT2D eigenvalue weighted by Gasteiger charge is -2.21. The lowest BCUT2D eigenvalue weighted by Crippen LogP contribution is -2.30. The van der Waals surface area contributed by atoms with Gasteiger partial charge < -0.3 is 33.8 Å². The van der Waals surface area contributed by atoms with Crippen LogP contribution in [0.15, 0.2) is 0 Å². The van der Waals surface area contributed by atoms with Gasteiger partial charge in [0.05, 0.1) is 26.4 Å². The number of aliphatic hydroxyl groups is 1. The summed E-state index contributed by atoms with van der Waals surface area (Å²) in [7, 11) is -9.92. The lowest BCUT2D eigenvalue weighted by molar-refractivity contribution is -0.161. The Morgan fingerprint density at radius 3 is 0.717 bits per heavy atom. The number of hydrogen-bond donors (Lipinski definition) is 3. The quantitative estimate of drug-likeness (QED) is 0.0222. The van der Waals surface area contributed by atoms with Crippen molar-refractivity contribution in [3.8, 4) is 0 Å². The molecule has 99 heavy (non-hydrogen) atoms. The van der Waals surface area contributed by atoms with Gasteiger partial charge in [-0.1, -0.05) is 375 Å². The first-order valence-corrected chi connectivity index (χ1v) is 44.7. The highest BCUT2D eigenvalue weighted by atomic mass is 31.2. The van der Waals surface area contributed by atoms with Crippen LogP contribution < -0.4 is 0 Å². The average Bonchev–Trinajstić information content (AvgIpc) is 2.28. The van der Waals surface area contributed by atoms with Crippen LogP contribution in [0.5, 0.6) is 0 Å². The zero-order valence-corrected chi connectivity index (χ0v) is 66.4. The van der Waals surface area contributed by atoms with Crippen molar-refractivity contribution < 1.29 is 80.2 Å². The van der Waals surface area contributed by atoms with Crippen molar-refractivity contribution in [2.75, 3.05) is 39.6 Å². The van der Waals surface area contributed by atoms with Crippen LogP contribution in [0, 0.1) is 5.92 Å². The molecule has 0 aromatic carbocycles. The highest BCUT2D eigenvalue weighted by Gasteiger charge is 2.30. The molecule has 0 amide bonds. The highest BCUT2D eigenvalue weighted by Crippen LogP contribution is 2.45. The fourth-order valence-corrected chi connectivity index (χ4v) is 14.0. The number of phosphoric ester groups is 2. The van der Waals surface area contributed by atoms with Crippen molar-refractivity contribution in [1.29, 1.82) is 0 Å². The summed E-state index contributed by atoms with van der Waals surface area (Å²) < 4.78 is 68.7. The summed E-state index contributed by atoms with van der Waals surface area (Å²) in [6, 6.07) is 0. The second-order valence-electron chi connectivity index (χ2n) is 29.1. The van der Waals surface area contributed by atoms with Gasteiger partial charge in [0.2, 0.25) is 0 Å². The topological polar surface area (TPSA) is 237 Å². The third-order valence-electron chi connectivity index (χ3n) is 19.1. The molecule has 0 aromatic heterocycles. The van der Waals surface area contributed by atoms with E-state index in [2.05, 4.69) is 34.6 Å². The number of aliphatic hydroxyl groups excluding tert-OH is 1. The molecule has 0 bridgehead atoms. The van der Waals surface area contributed by atoms with E-state index in [1.165, 1.54) is 244 Å². The Hall–Kier alpha value is -1.94. The first-order valence-electron chi connectivity index (χ1n) is 41.7. The molecular formula is C80H156O17P2. The van der Waals surface area contributed by atoms with Crippen LogP contribution >= 0.6 is 15.6 Å². The van der Waals surface area contributed by atoms with Crippen LogP contribution in [0.2, 0.25) is 0 Å². The summed E-state index contributed by atoms with van der Waals surface area (Å²) in [5.41, 5.74) is 0. The van der Waals surface area contributed by atoms with Crippen LogP contribution in [0.3, 0.4) is 0 Å². The minimum atomic E-state index is -4.96. The van der Waals surface area contributed by atoms with E-state index in [0.29, 0.717) is 25.7 Å². The van der Waals surface area contributed by atoms with Crippen molar-refractivity contribution in [3.05, 3.63) is 0 Å². The van der Waals surface area contributed by atoms with Gasteiger partial charge in [0.25, 0.3) is 0 Å². The minimum Gasteiger partial charge on any atom is -0.462 e. The lowest BCUT2D eigenvalue weighted by atomic mass is 10.00. The predicted octanol–water partition coefficient (Wildman–Crippen LogP) is 24.0. The second-order valence-corrected chi connectivity index (χ2v) is 32.0. The number of rotatable bonds is 80. The van der Waals surface area contributed by atoms with E-state index in [4.69, 9.17) is 37.0 Å². The standard InChI is InChI=1S/C80H156O17P2/c1-6-10-13-16-19-22-25-28-31-32-33-34-37-40-43-46-49-56-61-65-79(84)96-75(69-90-77(82)63-58-53-47-44-41-38-35-29-26-23-20-17-14-11-7-2)71-94-98(86,87)92-67-74(81)68-93-99(88,89)95-72-76(70-91-78(83)64-59-54-51-50-52-57-62-73(5)9-4)97-80(85)66-60-55-48-45-42-39-36-30-27-24-21-18-15-12-8-3/h73-76,81H,6-72H2,1-5H3,(H,86,87)(H,88,89)/t73?,74-,75-,76-/m1/s1. The first kappa shape index (κ1) is 97.1. The van der Waals surface area contributed by atoms with E-state index in [9.17, 15) is 43.2 Å². The summed E-state index contributed by atoms with van der Waals surface area (Å²) >= 11 is 0. The number of carbonyl (C=O) groups is 4. The van der Waals surface area contributed by atoms with Gasteiger partial charge in [0, 0.05) is 25.7 Å². The zero-order valence-electron chi connectivity index (χ0n) is 64.6. The van der Waals surface area contributed by atoms with Gasteiger partial charge in [-0.15, -0.1) is 0 Å². The number of carbonyl (C=O) groups excluding carboxylic acids is 4. The molecule has 19 heteroatoms. The Kier molecular flexibility index (Phi) is 71.6. The van der Waals surface area contributed by atoms with Crippen LogP contribution in [-0.2, 0) is 65.4 Å². The van der Waals surface area contributed by atoms with E-state index in [1.807, 2.05) is 0 Å². The Morgan fingerprint density at radius 1 is 0.283 bits per heavy atom. The van der Waals surface area contributed by atoms with E-state index in [1.54, 1.807) is 0 Å². The third-order valence-corrected chi connectivity index (χ3v) is 21.0. The molecule has 0 radical (unpaired) electrons. The van der Waals surface area contributed by atoms with Gasteiger partial charge >= 0.3 is 39.5 Å². The maximum absolute atomic E-state index is 13.1. The number of unbranched alkanes of at least 4 members (excludes halogenated alkanes) is 51. The number of ether oxygens (including phenoxy) is 4. The fraction of sp³-hybridized carbons (Fsp3) is 0.950. The average molecular weight is 1450 g/mol. The molecule has 17 nitrogen and oxygen atoms in total. The summed E-state index contributed by atoms with van der Waals surface area (Å²) in [5, 5.41) is 10.6. The SMILES string of the molecule is CCCCCCCCCCCCCCCCCCCCCC(=O)O[C@H](COC(=O)CCCCCCCCCCCCCCCCC)COP(=O)(O)OC[C@@H](O)COP(=O)(O)OC[C@@H](COC(=O)CCCCCCCCC(C)CC)OC(=O)CCCCCCCCCCCCCCCCC. The largest absolute Gasteiger partial charge is 0.472 e. The Labute approximate surface area is 607 Å². The molecule has 0 aliphatic carbocycles. The molecule has 6 atom stereocenters. The van der Waals surface area contributed by atoms with Crippen molar-refractivity contribution in [2.45, 2.75) is 445 Å². The molecule has 0 aromatic rings. The molecule has 0 spiro atoms. The second kappa shape index (κ2) is 73.0. The molecule has 3 N–H and O–H groups in total. The molecule has 0 fully saturated rings. The van der Waals surface area contributed by atoms with E-state index in [-0.39, 0.29) is 25.7 Å². The summed E-state index contributed by atoms with van der Waals surface area (Å²) in [6.45, 7) is 7.29. The van der Waals surface area contributed by atoms with Crippen molar-refractivity contribution in [1.82, 2.24) is 0 Å². The molecule has 588 valence electrons. The Morgan fingerprint density at radius 2 is 0.485 bits per heavy atom. The van der Waals surface area contributed by atoms with Gasteiger partial charge in [-0.2, -0.15) is 0 Å². The van der Waals surface area contributed by atoms with Gasteiger partial charge in [0.15, 0.2) is 12.2 Å². The number of phosphoric acid groups is 2. The monoisotopic (exact) mass is 1450 g/mol. The first-order chi connectivity index (χ1) is 48.1. The molecular weight excluding hydrogens is 1290 g/mol. The van der Waals surface area contributed by atoms with Crippen LogP contribution in [-0.4, -0.2) is 96.7 Å². The number of esters is 4. The molecule has 0 saturated carbocycles. The molecule has 0 aliphatic rings. The van der Waals surface area contributed by atoms with E-state index in [0.717, 1.165) is 102 Å². The summed E-state index contributed by atoms with van der Waals surface area (Å²) in [4.78, 5) is 73.0. The molecule has 3 unspecified atom stereocenters. The van der Waals surface area contributed by atoms with Crippen molar-refractivity contribution in [2.24, 2.45) is 5.92 Å². The summed E-state index contributed by atoms with van der Waals surface area (Å²) in [6.07, 6.45) is 63.8. The highest BCUT2D eigenvalue weighted by molar-refractivity contribution is 7.47. The number of hydrogen-bond acceptors (Lipinski definition) is 15. The van der Waals surface area contributed by atoms with Crippen molar-refractivity contribution >= 4 is 39.5 Å². The summed E-state index contributed by atoms with van der Waals surface area (Å²) in [5.74, 6) is -1.38. The van der Waals surface area contributed by atoms with Gasteiger partial charge in [-0.05, 0) is 31.6 Å². The molecule has 0 aliphatic heterocycles. The molecule has 0 heterocycles. The molecule has 0 rings (SSSR count). The normalized spacial score (nSPS) is 14.1. The van der Waals surface area contributed by atoms with Gasteiger partial charge in [-0.3, -0.25) is 37.3 Å². The predicted molar refractivity (Wildman–Crippen MR) is 405 cm³/mol. The van der Waals surface area contributed by atoms with Crippen LogP contribution in [0.25, 0.3) is 0 Å². The van der Waals surface area contributed by atoms with E-state index < -0.39 is 97.5 Å². The Balaban J connectivity index is 5.24. The minimum absolute atomic E-state index is 0.108. The maximum Gasteiger partial charge on any atom is 0.472 e. The van der Waals surface area contributed by atoms with Crippen LogP contribution in [0.1, 0.15) is 426 Å². The fourth-order valence-electron chi connectivity index (χ4n) is 12.4. The Bertz CT molecular complexity index is 1890. The molecule has 0 saturated heterocycles. The van der Waals surface area contributed by atoms with Crippen molar-refractivity contribution in [3.63, 3.8) is 0 Å². The maximum atomic E-state index is 13.1. The smallest absolute Gasteiger partial charge is 0.462 e.